The van der Waals surface area contributed by atoms with Crippen LogP contribution in [0.3, 0.4) is 0 Å². The van der Waals surface area contributed by atoms with Gasteiger partial charge in [0.2, 0.25) is 0 Å². The van der Waals surface area contributed by atoms with Crippen molar-refractivity contribution in [3.05, 3.63) is 52.9 Å². The molecule has 1 fully saturated rings. The molecule has 0 radical (unpaired) electrons. The number of carbonyl (C=O) groups is 1. The monoisotopic (exact) mass is 348 g/mol. The minimum absolute atomic E-state index is 0.0557. The Morgan fingerprint density at radius 3 is 2.79 bits per heavy atom. The number of benzene rings is 1. The second-order valence-corrected chi connectivity index (χ2v) is 6.24. The van der Waals surface area contributed by atoms with E-state index in [1.165, 1.54) is 12.8 Å². The first-order valence-electron chi connectivity index (χ1n) is 8.08. The fourth-order valence-electron chi connectivity index (χ4n) is 3.04. The third-order valence-corrected chi connectivity index (χ3v) is 4.62. The van der Waals surface area contributed by atoms with Gasteiger partial charge in [-0.2, -0.15) is 0 Å². The van der Waals surface area contributed by atoms with Crippen LogP contribution in [0, 0.1) is 0 Å². The average molecular weight is 349 g/mol. The van der Waals surface area contributed by atoms with Crippen LogP contribution in [0.5, 0.6) is 5.75 Å². The molecule has 24 heavy (non-hydrogen) atoms. The maximum atomic E-state index is 12.4. The molecule has 3 rings (SSSR count). The standard InChI is InChI=1S/C18H21ClN2O3/c1-23-16-7-6-13(11-14(16)19)18(22)20-12-15(17-5-4-10-24-17)21-8-2-3-9-21/h4-7,10-11,15H,2-3,8-9,12H2,1H3,(H,20,22)/t15-/m1/s1. The molecule has 2 heterocycles. The van der Waals surface area contributed by atoms with Gasteiger partial charge in [0.15, 0.2) is 0 Å². The molecule has 0 bridgehead atoms. The maximum Gasteiger partial charge on any atom is 0.251 e. The van der Waals surface area contributed by atoms with E-state index in [9.17, 15) is 4.79 Å². The van der Waals surface area contributed by atoms with Gasteiger partial charge in [0.1, 0.15) is 11.5 Å². The third-order valence-electron chi connectivity index (χ3n) is 4.32. The number of halogens is 1. The quantitative estimate of drug-likeness (QED) is 0.868. The molecule has 1 atom stereocenters. The fourth-order valence-corrected chi connectivity index (χ4v) is 3.30. The Hall–Kier alpha value is -1.98. The topological polar surface area (TPSA) is 54.7 Å². The molecule has 1 aromatic carbocycles. The first-order chi connectivity index (χ1) is 11.7. The second kappa shape index (κ2) is 7.73. The van der Waals surface area contributed by atoms with Crippen LogP contribution < -0.4 is 10.1 Å². The summed E-state index contributed by atoms with van der Waals surface area (Å²) in [6.07, 6.45) is 4.03. The van der Waals surface area contributed by atoms with Gasteiger partial charge in [0.25, 0.3) is 5.91 Å². The summed E-state index contributed by atoms with van der Waals surface area (Å²) in [4.78, 5) is 14.8. The molecule has 0 saturated carbocycles. The van der Waals surface area contributed by atoms with Gasteiger partial charge in [-0.15, -0.1) is 0 Å². The number of rotatable bonds is 6. The molecular weight excluding hydrogens is 328 g/mol. The van der Waals surface area contributed by atoms with Crippen LogP contribution in [0.4, 0.5) is 0 Å². The van der Waals surface area contributed by atoms with Gasteiger partial charge in [-0.1, -0.05) is 11.6 Å². The Labute approximate surface area is 146 Å². The smallest absolute Gasteiger partial charge is 0.251 e. The Kier molecular flexibility index (Phi) is 5.43. The van der Waals surface area contributed by atoms with Crippen molar-refractivity contribution in [1.82, 2.24) is 10.2 Å². The highest BCUT2D eigenvalue weighted by molar-refractivity contribution is 6.32. The molecule has 1 aliphatic heterocycles. The largest absolute Gasteiger partial charge is 0.495 e. The zero-order valence-corrected chi connectivity index (χ0v) is 14.4. The van der Waals surface area contributed by atoms with E-state index in [-0.39, 0.29) is 11.9 Å². The van der Waals surface area contributed by atoms with Gasteiger partial charge in [-0.05, 0) is 56.3 Å². The highest BCUT2D eigenvalue weighted by Crippen LogP contribution is 2.26. The molecule has 1 saturated heterocycles. The first-order valence-corrected chi connectivity index (χ1v) is 8.46. The minimum Gasteiger partial charge on any atom is -0.495 e. The SMILES string of the molecule is COc1ccc(C(=O)NC[C@H](c2ccco2)N2CCCC2)cc1Cl. The number of furan rings is 1. The van der Waals surface area contributed by atoms with E-state index in [0.717, 1.165) is 18.8 Å². The highest BCUT2D eigenvalue weighted by Gasteiger charge is 2.26. The summed E-state index contributed by atoms with van der Waals surface area (Å²) in [6.45, 7) is 2.54. The average Bonchev–Trinajstić information content (AvgIpc) is 3.29. The molecule has 0 spiro atoms. The lowest BCUT2D eigenvalue weighted by Crippen LogP contribution is -2.36. The van der Waals surface area contributed by atoms with Crippen LogP contribution in [0.15, 0.2) is 41.0 Å². The summed E-state index contributed by atoms with van der Waals surface area (Å²) < 4.78 is 10.7. The van der Waals surface area contributed by atoms with Crippen molar-refractivity contribution >= 4 is 17.5 Å². The molecule has 1 N–H and O–H groups in total. The summed E-state index contributed by atoms with van der Waals surface area (Å²) >= 11 is 6.09. The minimum atomic E-state index is -0.157. The lowest BCUT2D eigenvalue weighted by molar-refractivity contribution is 0.0933. The molecule has 0 aliphatic carbocycles. The molecule has 6 heteroatoms. The van der Waals surface area contributed by atoms with E-state index in [0.29, 0.717) is 22.9 Å². The predicted molar refractivity (Wildman–Crippen MR) is 92.6 cm³/mol. The van der Waals surface area contributed by atoms with Gasteiger partial charge in [0, 0.05) is 12.1 Å². The van der Waals surface area contributed by atoms with E-state index >= 15 is 0 Å². The zero-order chi connectivity index (χ0) is 16.9. The third kappa shape index (κ3) is 3.74. The predicted octanol–water partition coefficient (Wildman–Crippen LogP) is 3.51. The molecule has 0 unspecified atom stereocenters. The van der Waals surface area contributed by atoms with Crippen LogP contribution in [0.25, 0.3) is 0 Å². The number of amides is 1. The Balaban J connectivity index is 1.67. The summed E-state index contributed by atoms with van der Waals surface area (Å²) in [5.41, 5.74) is 0.514. The van der Waals surface area contributed by atoms with Crippen molar-refractivity contribution in [2.75, 3.05) is 26.7 Å². The Morgan fingerprint density at radius 1 is 1.38 bits per heavy atom. The van der Waals surface area contributed by atoms with Gasteiger partial charge >= 0.3 is 0 Å². The summed E-state index contributed by atoms with van der Waals surface area (Å²) in [5, 5.41) is 3.41. The Morgan fingerprint density at radius 2 is 2.17 bits per heavy atom. The number of likely N-dealkylation sites (tertiary alicyclic amines) is 1. The normalized spacial score (nSPS) is 16.1. The van der Waals surface area contributed by atoms with Crippen molar-refractivity contribution in [3.63, 3.8) is 0 Å². The summed E-state index contributed by atoms with van der Waals surface area (Å²) in [6, 6.07) is 8.91. The first kappa shape index (κ1) is 16.9. The number of ether oxygens (including phenoxy) is 1. The molecule has 1 amide bonds. The van der Waals surface area contributed by atoms with Crippen molar-refractivity contribution in [3.8, 4) is 5.75 Å². The van der Waals surface area contributed by atoms with Crippen molar-refractivity contribution in [2.24, 2.45) is 0 Å². The van der Waals surface area contributed by atoms with E-state index in [2.05, 4.69) is 10.2 Å². The van der Waals surface area contributed by atoms with Crippen LogP contribution in [-0.4, -0.2) is 37.6 Å². The van der Waals surface area contributed by atoms with Gasteiger partial charge in [-0.25, -0.2) is 0 Å². The fraction of sp³-hybridized carbons (Fsp3) is 0.389. The van der Waals surface area contributed by atoms with E-state index in [1.54, 1.807) is 31.6 Å². The molecule has 128 valence electrons. The van der Waals surface area contributed by atoms with E-state index in [1.807, 2.05) is 12.1 Å². The number of carbonyl (C=O) groups excluding carboxylic acids is 1. The van der Waals surface area contributed by atoms with Crippen molar-refractivity contribution in [2.45, 2.75) is 18.9 Å². The summed E-state index contributed by atoms with van der Waals surface area (Å²) in [5.74, 6) is 1.28. The van der Waals surface area contributed by atoms with Crippen molar-refractivity contribution < 1.29 is 13.9 Å². The molecule has 1 aliphatic rings. The zero-order valence-electron chi connectivity index (χ0n) is 13.6. The second-order valence-electron chi connectivity index (χ2n) is 5.83. The lowest BCUT2D eigenvalue weighted by atomic mass is 10.1. The lowest BCUT2D eigenvalue weighted by Gasteiger charge is -2.26. The maximum absolute atomic E-state index is 12.4. The van der Waals surface area contributed by atoms with Crippen LogP contribution >= 0.6 is 11.6 Å². The number of hydrogen-bond donors (Lipinski definition) is 1. The molecular formula is C18H21ClN2O3. The van der Waals surface area contributed by atoms with Crippen LogP contribution in [-0.2, 0) is 0 Å². The number of hydrogen-bond acceptors (Lipinski definition) is 4. The van der Waals surface area contributed by atoms with Crippen LogP contribution in [0.2, 0.25) is 5.02 Å². The molecule has 2 aromatic rings. The van der Waals surface area contributed by atoms with Crippen LogP contribution in [0.1, 0.15) is 35.0 Å². The number of nitrogens with zero attached hydrogens (tertiary/aromatic N) is 1. The number of methoxy groups -OCH3 is 1. The Bertz CT molecular complexity index is 682. The van der Waals surface area contributed by atoms with Crippen molar-refractivity contribution in [1.29, 1.82) is 0 Å². The summed E-state index contributed by atoms with van der Waals surface area (Å²) in [7, 11) is 1.55. The van der Waals surface area contributed by atoms with Gasteiger partial charge in [-0.3, -0.25) is 9.69 Å². The van der Waals surface area contributed by atoms with E-state index < -0.39 is 0 Å². The van der Waals surface area contributed by atoms with Gasteiger partial charge < -0.3 is 14.5 Å². The molecule has 1 aromatic heterocycles. The number of nitrogens with one attached hydrogen (secondary N) is 1. The molecule has 5 nitrogen and oxygen atoms in total. The van der Waals surface area contributed by atoms with Gasteiger partial charge in [0.05, 0.1) is 24.4 Å². The highest BCUT2D eigenvalue weighted by atomic mass is 35.5. The van der Waals surface area contributed by atoms with E-state index in [4.69, 9.17) is 20.8 Å².